The van der Waals surface area contributed by atoms with Crippen molar-refractivity contribution in [3.8, 4) is 55.9 Å². The Labute approximate surface area is 459 Å². The van der Waals surface area contributed by atoms with Gasteiger partial charge in [-0.15, -0.1) is 0 Å². The summed E-state index contributed by atoms with van der Waals surface area (Å²) in [5.74, 6) is 0. The Hall–Kier alpha value is -10.3. The fraction of sp³-hybridized carbons (Fsp3) is 0.0130. The van der Waals surface area contributed by atoms with E-state index in [0.717, 1.165) is 11.1 Å². The van der Waals surface area contributed by atoms with Crippen molar-refractivity contribution in [3.63, 3.8) is 0 Å². The van der Waals surface area contributed by atoms with Crippen LogP contribution in [0.2, 0.25) is 0 Å². The van der Waals surface area contributed by atoms with E-state index in [-0.39, 0.29) is 0 Å². The maximum atomic E-state index is 2.49. The molecule has 368 valence electrons. The Kier molecular flexibility index (Phi) is 10.2. The molecule has 12 aromatic carbocycles. The van der Waals surface area contributed by atoms with Gasteiger partial charge < -0.3 is 9.13 Å². The van der Waals surface area contributed by atoms with Gasteiger partial charge in [0, 0.05) is 32.9 Å². The predicted octanol–water partition coefficient (Wildman–Crippen LogP) is 19.9. The minimum absolute atomic E-state index is 0.474. The molecule has 0 saturated carbocycles. The van der Waals surface area contributed by atoms with Gasteiger partial charge in [-0.25, -0.2) is 0 Å². The molecule has 0 fully saturated rings. The van der Waals surface area contributed by atoms with Crippen LogP contribution in [0.25, 0.3) is 124 Å². The Morgan fingerprint density at radius 1 is 0.228 bits per heavy atom. The zero-order valence-electron chi connectivity index (χ0n) is 43.3. The number of nitrogens with zero attached hydrogens (tertiary/aromatic N) is 2. The first-order valence-electron chi connectivity index (χ1n) is 27.4. The monoisotopic (exact) mass is 1000 g/mol. The van der Waals surface area contributed by atoms with Crippen LogP contribution in [0.4, 0.5) is 0 Å². The van der Waals surface area contributed by atoms with Crippen LogP contribution in [0.15, 0.2) is 279 Å². The first kappa shape index (κ1) is 45.0. The van der Waals surface area contributed by atoms with Gasteiger partial charge in [0.05, 0.1) is 27.5 Å². The highest BCUT2D eigenvalue weighted by molar-refractivity contribution is 6.11. The number of hydrogen-bond donors (Lipinski definition) is 0. The Bertz CT molecular complexity index is 4490. The molecule has 0 aliphatic heterocycles. The minimum Gasteiger partial charge on any atom is -0.309 e. The average molecular weight is 1000 g/mol. The lowest BCUT2D eigenvalue weighted by Gasteiger charge is -2.31. The van der Waals surface area contributed by atoms with Crippen LogP contribution < -0.4 is 0 Å². The number of aromatic nitrogens is 2. The van der Waals surface area contributed by atoms with Crippen molar-refractivity contribution in [1.82, 2.24) is 9.13 Å². The summed E-state index contributed by atoms with van der Waals surface area (Å²) in [6.07, 6.45) is 8.95. The second-order valence-electron chi connectivity index (χ2n) is 21.2. The van der Waals surface area contributed by atoms with Crippen LogP contribution in [-0.2, 0) is 5.41 Å². The SMILES string of the molecule is C(=C\c1ccc2c(c1)c1ccccc1n2-c1ccccc1)/c1ccc(-c2ccc3c(c2)C2(c4ccccc4-c4ccccc42)c2cc(-c4ccc(/C=C/c5ccc6c(c5)c5ccccc5n6-c5ccccc5)cc4)ccc2-3)cc1. The van der Waals surface area contributed by atoms with Crippen molar-refractivity contribution in [2.45, 2.75) is 5.41 Å². The number of benzene rings is 12. The number of para-hydroxylation sites is 4. The van der Waals surface area contributed by atoms with Crippen molar-refractivity contribution >= 4 is 67.9 Å². The van der Waals surface area contributed by atoms with Crippen molar-refractivity contribution in [2.24, 2.45) is 0 Å². The maximum absolute atomic E-state index is 2.49. The van der Waals surface area contributed by atoms with Gasteiger partial charge in [-0.05, 0) is 162 Å². The average Bonchev–Trinajstić information content (AvgIpc) is 4.17. The van der Waals surface area contributed by atoms with Crippen LogP contribution in [-0.4, -0.2) is 9.13 Å². The zero-order chi connectivity index (χ0) is 52.0. The number of rotatable bonds is 8. The molecule has 0 saturated heterocycles. The molecule has 2 heterocycles. The van der Waals surface area contributed by atoms with Gasteiger partial charge in [0.15, 0.2) is 0 Å². The summed E-state index contributed by atoms with van der Waals surface area (Å²) in [5.41, 5.74) is 26.8. The molecule has 0 atom stereocenters. The highest BCUT2D eigenvalue weighted by Crippen LogP contribution is 2.63. The van der Waals surface area contributed by atoms with E-state index in [1.54, 1.807) is 0 Å². The van der Waals surface area contributed by atoms with E-state index in [0.29, 0.717) is 0 Å². The molecule has 0 amide bonds. The van der Waals surface area contributed by atoms with E-state index in [9.17, 15) is 0 Å². The molecule has 2 aromatic heterocycles. The van der Waals surface area contributed by atoms with Gasteiger partial charge in [-0.3, -0.25) is 0 Å². The molecule has 1 spiro atoms. The topological polar surface area (TPSA) is 9.86 Å². The summed E-state index contributed by atoms with van der Waals surface area (Å²) in [6, 6.07) is 103. The van der Waals surface area contributed by atoms with Crippen molar-refractivity contribution in [2.75, 3.05) is 0 Å². The lowest BCUT2D eigenvalue weighted by Crippen LogP contribution is -2.26. The first-order valence-corrected chi connectivity index (χ1v) is 27.4. The first-order chi connectivity index (χ1) is 39.2. The fourth-order valence-corrected chi connectivity index (χ4v) is 13.4. The van der Waals surface area contributed by atoms with Gasteiger partial charge in [0.25, 0.3) is 0 Å². The Morgan fingerprint density at radius 3 is 1.03 bits per heavy atom. The third-order valence-corrected chi connectivity index (χ3v) is 16.9. The second kappa shape index (κ2) is 17.9. The molecule has 0 N–H and O–H groups in total. The van der Waals surface area contributed by atoms with E-state index in [2.05, 4.69) is 312 Å². The summed E-state index contributed by atoms with van der Waals surface area (Å²) in [5, 5.41) is 5.03. The molecule has 79 heavy (non-hydrogen) atoms. The third-order valence-electron chi connectivity index (χ3n) is 16.9. The van der Waals surface area contributed by atoms with Gasteiger partial charge in [0.2, 0.25) is 0 Å². The maximum Gasteiger partial charge on any atom is 0.0725 e. The normalized spacial score (nSPS) is 13.1. The Balaban J connectivity index is 0.719. The van der Waals surface area contributed by atoms with E-state index < -0.39 is 5.41 Å². The van der Waals surface area contributed by atoms with Crippen LogP contribution in [0.3, 0.4) is 0 Å². The summed E-state index contributed by atoms with van der Waals surface area (Å²) in [7, 11) is 0. The zero-order valence-corrected chi connectivity index (χ0v) is 43.3. The molecule has 2 aliphatic carbocycles. The highest BCUT2D eigenvalue weighted by atomic mass is 15.0. The van der Waals surface area contributed by atoms with E-state index in [1.165, 1.54) is 133 Å². The van der Waals surface area contributed by atoms with Crippen LogP contribution in [0.5, 0.6) is 0 Å². The molecule has 0 unspecified atom stereocenters. The van der Waals surface area contributed by atoms with Gasteiger partial charge in [-0.2, -0.15) is 0 Å². The van der Waals surface area contributed by atoms with Crippen LogP contribution >= 0.6 is 0 Å². The molecule has 14 aromatic rings. The predicted molar refractivity (Wildman–Crippen MR) is 333 cm³/mol. The molecular weight excluding hydrogens is 953 g/mol. The summed E-state index contributed by atoms with van der Waals surface area (Å²) in [6.45, 7) is 0. The van der Waals surface area contributed by atoms with Crippen molar-refractivity contribution in [3.05, 3.63) is 324 Å². The quantitative estimate of drug-likeness (QED) is 0.134. The van der Waals surface area contributed by atoms with Gasteiger partial charge >= 0.3 is 0 Å². The van der Waals surface area contributed by atoms with E-state index in [1.807, 2.05) is 0 Å². The summed E-state index contributed by atoms with van der Waals surface area (Å²) < 4.78 is 4.73. The Morgan fingerprint density at radius 2 is 0.570 bits per heavy atom. The van der Waals surface area contributed by atoms with Crippen molar-refractivity contribution in [1.29, 1.82) is 0 Å². The molecule has 2 nitrogen and oxygen atoms in total. The minimum atomic E-state index is -0.474. The summed E-state index contributed by atoms with van der Waals surface area (Å²) >= 11 is 0. The van der Waals surface area contributed by atoms with E-state index in [4.69, 9.17) is 0 Å². The second-order valence-corrected chi connectivity index (χ2v) is 21.2. The van der Waals surface area contributed by atoms with Crippen LogP contribution in [0.1, 0.15) is 44.5 Å². The fourth-order valence-electron chi connectivity index (χ4n) is 13.4. The largest absolute Gasteiger partial charge is 0.309 e. The van der Waals surface area contributed by atoms with E-state index >= 15 is 0 Å². The van der Waals surface area contributed by atoms with Crippen LogP contribution in [0, 0.1) is 0 Å². The molecule has 2 heteroatoms. The molecule has 0 bridgehead atoms. The van der Waals surface area contributed by atoms with Gasteiger partial charge in [-0.1, -0.05) is 231 Å². The molecule has 0 radical (unpaired) electrons. The standard InChI is InChI=1S/C77H50N2/c1-3-15-59(16-4-1)78-73-25-13-9-21-65(73)67-47-53(35-45-75(67)78)29-27-51-31-37-55(38-32-51)57-41-43-63-64-44-42-58(50-72(64)77(71(63)49-57)69-23-11-7-19-61(69)62-20-8-12-24-70(62)77)56-39-33-52(34-40-56)28-30-54-36-46-76-68(48-54)66-22-10-14-26-74(66)79(76)60-17-5-2-6-18-60/h1-50H/b29-27+,30-28+. The lowest BCUT2D eigenvalue weighted by atomic mass is 9.70. The van der Waals surface area contributed by atoms with Gasteiger partial charge in [0.1, 0.15) is 0 Å². The number of hydrogen-bond acceptors (Lipinski definition) is 0. The third kappa shape index (κ3) is 7.05. The molecule has 2 aliphatic rings. The number of fused-ring (bicyclic) bond motifs is 16. The van der Waals surface area contributed by atoms with Crippen molar-refractivity contribution < 1.29 is 0 Å². The molecule has 16 rings (SSSR count). The smallest absolute Gasteiger partial charge is 0.0725 e. The molecular formula is C77H50N2. The highest BCUT2D eigenvalue weighted by Gasteiger charge is 2.51. The summed E-state index contributed by atoms with van der Waals surface area (Å²) in [4.78, 5) is 0. The lowest BCUT2D eigenvalue weighted by molar-refractivity contribution is 0.794.